The van der Waals surface area contributed by atoms with Crippen molar-refractivity contribution in [2.45, 2.75) is 19.8 Å². The zero-order valence-electron chi connectivity index (χ0n) is 9.23. The molecule has 0 radical (unpaired) electrons. The zero-order valence-corrected chi connectivity index (χ0v) is 9.23. The van der Waals surface area contributed by atoms with Gasteiger partial charge in [0.25, 0.3) is 0 Å². The molecule has 4 nitrogen and oxygen atoms in total. The molecule has 82 valence electrons. The predicted octanol–water partition coefficient (Wildman–Crippen LogP) is 1.76. The molecule has 1 aromatic rings. The predicted molar refractivity (Wildman–Crippen MR) is 60.4 cm³/mol. The Morgan fingerprint density at radius 2 is 2.12 bits per heavy atom. The first-order valence-electron chi connectivity index (χ1n) is 5.39. The first kappa shape index (κ1) is 10.6. The SMILES string of the molecule is CC(=O)c1ccc(N2CCCC2)c(C#N)n1. The lowest BCUT2D eigenvalue weighted by molar-refractivity contribution is 0.101. The van der Waals surface area contributed by atoms with Crippen molar-refractivity contribution in [1.82, 2.24) is 4.98 Å². The molecule has 0 amide bonds. The molecule has 2 rings (SSSR count). The lowest BCUT2D eigenvalue weighted by Gasteiger charge is -2.18. The topological polar surface area (TPSA) is 57.0 Å². The van der Waals surface area contributed by atoms with E-state index in [9.17, 15) is 4.79 Å². The van der Waals surface area contributed by atoms with E-state index in [1.165, 1.54) is 6.92 Å². The fraction of sp³-hybridized carbons (Fsp3) is 0.417. The summed E-state index contributed by atoms with van der Waals surface area (Å²) in [7, 11) is 0. The van der Waals surface area contributed by atoms with Crippen molar-refractivity contribution in [3.8, 4) is 6.07 Å². The summed E-state index contributed by atoms with van der Waals surface area (Å²) in [6.45, 7) is 3.39. The minimum absolute atomic E-state index is 0.107. The number of hydrogen-bond acceptors (Lipinski definition) is 4. The smallest absolute Gasteiger partial charge is 0.178 e. The molecule has 1 fully saturated rings. The van der Waals surface area contributed by atoms with Gasteiger partial charge in [-0.25, -0.2) is 4.98 Å². The normalized spacial score (nSPS) is 14.9. The maximum Gasteiger partial charge on any atom is 0.178 e. The van der Waals surface area contributed by atoms with E-state index in [4.69, 9.17) is 5.26 Å². The van der Waals surface area contributed by atoms with Crippen LogP contribution in [0.4, 0.5) is 5.69 Å². The Bertz CT molecular complexity index is 456. The number of aromatic nitrogens is 1. The monoisotopic (exact) mass is 215 g/mol. The van der Waals surface area contributed by atoms with Crippen LogP contribution >= 0.6 is 0 Å². The molecule has 0 aromatic carbocycles. The van der Waals surface area contributed by atoms with Crippen LogP contribution < -0.4 is 4.90 Å². The zero-order chi connectivity index (χ0) is 11.5. The standard InChI is InChI=1S/C12H13N3O/c1-9(16)10-4-5-12(11(8-13)14-10)15-6-2-3-7-15/h4-5H,2-3,6-7H2,1H3. The maximum absolute atomic E-state index is 11.2. The molecule has 1 aliphatic heterocycles. The van der Waals surface area contributed by atoms with E-state index in [0.717, 1.165) is 31.6 Å². The largest absolute Gasteiger partial charge is 0.369 e. The van der Waals surface area contributed by atoms with Gasteiger partial charge in [0, 0.05) is 20.0 Å². The van der Waals surface area contributed by atoms with Crippen LogP contribution in [0.15, 0.2) is 12.1 Å². The van der Waals surface area contributed by atoms with Crippen molar-refractivity contribution in [2.24, 2.45) is 0 Å². The maximum atomic E-state index is 11.2. The number of carbonyl (C=O) groups excluding carboxylic acids is 1. The third-order valence-electron chi connectivity index (χ3n) is 2.79. The summed E-state index contributed by atoms with van der Waals surface area (Å²) in [5, 5.41) is 9.03. The minimum Gasteiger partial charge on any atom is -0.369 e. The average Bonchev–Trinajstić information content (AvgIpc) is 2.81. The molecular weight excluding hydrogens is 202 g/mol. The van der Waals surface area contributed by atoms with Gasteiger partial charge in [-0.2, -0.15) is 5.26 Å². The number of ketones is 1. The number of carbonyl (C=O) groups is 1. The Kier molecular flexibility index (Phi) is 2.86. The summed E-state index contributed by atoms with van der Waals surface area (Å²) in [5.41, 5.74) is 1.57. The molecule has 16 heavy (non-hydrogen) atoms. The highest BCUT2D eigenvalue weighted by Gasteiger charge is 2.17. The average molecular weight is 215 g/mol. The Labute approximate surface area is 94.5 Å². The number of nitrogens with zero attached hydrogens (tertiary/aromatic N) is 3. The molecule has 1 aliphatic rings. The van der Waals surface area contributed by atoms with Crippen molar-refractivity contribution < 1.29 is 4.79 Å². The van der Waals surface area contributed by atoms with Crippen molar-refractivity contribution in [2.75, 3.05) is 18.0 Å². The summed E-state index contributed by atoms with van der Waals surface area (Å²) < 4.78 is 0. The van der Waals surface area contributed by atoms with E-state index < -0.39 is 0 Å². The van der Waals surface area contributed by atoms with Gasteiger partial charge in [0.2, 0.25) is 0 Å². The highest BCUT2D eigenvalue weighted by atomic mass is 16.1. The highest BCUT2D eigenvalue weighted by Crippen LogP contribution is 2.23. The molecule has 0 aliphatic carbocycles. The van der Waals surface area contributed by atoms with Gasteiger partial charge >= 0.3 is 0 Å². The first-order valence-corrected chi connectivity index (χ1v) is 5.39. The van der Waals surface area contributed by atoms with Crippen LogP contribution in [0.25, 0.3) is 0 Å². The number of hydrogen-bond donors (Lipinski definition) is 0. The van der Waals surface area contributed by atoms with Crippen LogP contribution in [0.3, 0.4) is 0 Å². The van der Waals surface area contributed by atoms with Gasteiger partial charge in [-0.1, -0.05) is 0 Å². The summed E-state index contributed by atoms with van der Waals surface area (Å²) in [6, 6.07) is 5.58. The number of anilines is 1. The Balaban J connectivity index is 2.39. The van der Waals surface area contributed by atoms with Crippen LogP contribution in [0.5, 0.6) is 0 Å². The van der Waals surface area contributed by atoms with Gasteiger partial charge < -0.3 is 4.90 Å². The quantitative estimate of drug-likeness (QED) is 0.705. The third-order valence-corrected chi connectivity index (χ3v) is 2.79. The number of rotatable bonds is 2. The van der Waals surface area contributed by atoms with Gasteiger partial charge in [-0.3, -0.25) is 4.79 Å². The third kappa shape index (κ3) is 1.89. The van der Waals surface area contributed by atoms with Gasteiger partial charge in [-0.15, -0.1) is 0 Å². The Morgan fingerprint density at radius 1 is 1.44 bits per heavy atom. The second kappa shape index (κ2) is 4.31. The molecule has 2 heterocycles. The van der Waals surface area contributed by atoms with Crippen LogP contribution in [-0.2, 0) is 0 Å². The van der Waals surface area contributed by atoms with Crippen LogP contribution in [0.1, 0.15) is 35.9 Å². The number of nitriles is 1. The lowest BCUT2D eigenvalue weighted by Crippen LogP contribution is -2.19. The Hall–Kier alpha value is -1.89. The van der Waals surface area contributed by atoms with E-state index in [1.54, 1.807) is 6.07 Å². The molecule has 4 heteroatoms. The second-order valence-corrected chi connectivity index (χ2v) is 3.93. The van der Waals surface area contributed by atoms with Crippen LogP contribution in [-0.4, -0.2) is 23.9 Å². The first-order chi connectivity index (χ1) is 7.72. The molecular formula is C12H13N3O. The van der Waals surface area contributed by atoms with E-state index >= 15 is 0 Å². The molecule has 0 bridgehead atoms. The summed E-state index contributed by atoms with van der Waals surface area (Å²) in [6.07, 6.45) is 2.30. The van der Waals surface area contributed by atoms with E-state index in [2.05, 4.69) is 16.0 Å². The lowest BCUT2D eigenvalue weighted by atomic mass is 10.2. The molecule has 1 saturated heterocycles. The van der Waals surface area contributed by atoms with E-state index in [1.807, 2.05) is 6.07 Å². The van der Waals surface area contributed by atoms with Crippen LogP contribution in [0, 0.1) is 11.3 Å². The molecule has 0 atom stereocenters. The van der Waals surface area contributed by atoms with E-state index in [0.29, 0.717) is 11.4 Å². The Morgan fingerprint density at radius 3 is 2.69 bits per heavy atom. The molecule has 0 N–H and O–H groups in total. The fourth-order valence-corrected chi connectivity index (χ4v) is 1.94. The van der Waals surface area contributed by atoms with E-state index in [-0.39, 0.29) is 5.78 Å². The number of Topliss-reactive ketones (excluding diaryl/α,β-unsaturated/α-hetero) is 1. The van der Waals surface area contributed by atoms with Crippen molar-refractivity contribution in [1.29, 1.82) is 5.26 Å². The van der Waals surface area contributed by atoms with Gasteiger partial charge in [0.05, 0.1) is 5.69 Å². The molecule has 0 unspecified atom stereocenters. The van der Waals surface area contributed by atoms with Crippen LogP contribution in [0.2, 0.25) is 0 Å². The molecule has 1 aromatic heterocycles. The highest BCUT2D eigenvalue weighted by molar-refractivity contribution is 5.92. The fourth-order valence-electron chi connectivity index (χ4n) is 1.94. The van der Waals surface area contributed by atoms with Gasteiger partial charge in [0.15, 0.2) is 11.5 Å². The summed E-state index contributed by atoms with van der Waals surface area (Å²) in [4.78, 5) is 17.4. The molecule has 0 spiro atoms. The van der Waals surface area contributed by atoms with Gasteiger partial charge in [-0.05, 0) is 25.0 Å². The van der Waals surface area contributed by atoms with Crippen molar-refractivity contribution in [3.63, 3.8) is 0 Å². The van der Waals surface area contributed by atoms with Crippen molar-refractivity contribution in [3.05, 3.63) is 23.5 Å². The van der Waals surface area contributed by atoms with Crippen molar-refractivity contribution >= 4 is 11.5 Å². The summed E-state index contributed by atoms with van der Waals surface area (Å²) in [5.74, 6) is -0.107. The number of pyridine rings is 1. The summed E-state index contributed by atoms with van der Waals surface area (Å²) >= 11 is 0. The molecule has 0 saturated carbocycles. The minimum atomic E-state index is -0.107. The van der Waals surface area contributed by atoms with Gasteiger partial charge in [0.1, 0.15) is 11.8 Å². The second-order valence-electron chi connectivity index (χ2n) is 3.93.